The van der Waals surface area contributed by atoms with E-state index in [0.717, 1.165) is 12.0 Å². The molecule has 0 atom stereocenters. The van der Waals surface area contributed by atoms with Crippen molar-refractivity contribution in [2.24, 2.45) is 0 Å². The number of amides is 3. The predicted octanol–water partition coefficient (Wildman–Crippen LogP) is 1.17. The van der Waals surface area contributed by atoms with Gasteiger partial charge in [-0.3, -0.25) is 4.79 Å². The monoisotopic (exact) mass is 260 g/mol. The lowest BCUT2D eigenvalue weighted by atomic mass is 10.1. The molecule has 19 heavy (non-hydrogen) atoms. The van der Waals surface area contributed by atoms with E-state index in [2.05, 4.69) is 0 Å². The summed E-state index contributed by atoms with van der Waals surface area (Å²) < 4.78 is 0. The molecule has 1 radical (unpaired) electrons. The first-order valence-corrected chi connectivity index (χ1v) is 6.49. The minimum atomic E-state index is -0.656. The van der Waals surface area contributed by atoms with Crippen LogP contribution in [0.2, 0.25) is 0 Å². The van der Waals surface area contributed by atoms with Crippen molar-refractivity contribution in [2.45, 2.75) is 12.8 Å². The molecule has 1 saturated heterocycles. The van der Waals surface area contributed by atoms with Crippen molar-refractivity contribution in [2.75, 3.05) is 26.2 Å². The van der Waals surface area contributed by atoms with Gasteiger partial charge in [0, 0.05) is 32.6 Å². The normalized spacial score (nSPS) is 15.4. The second-order valence-electron chi connectivity index (χ2n) is 4.66. The fourth-order valence-electron chi connectivity index (χ4n) is 2.21. The summed E-state index contributed by atoms with van der Waals surface area (Å²) in [7, 11) is 0. The van der Waals surface area contributed by atoms with Crippen LogP contribution < -0.4 is 5.73 Å². The van der Waals surface area contributed by atoms with Gasteiger partial charge in [0.1, 0.15) is 0 Å². The Morgan fingerprint density at radius 3 is 2.16 bits per heavy atom. The third-order valence-corrected chi connectivity index (χ3v) is 3.39. The molecule has 1 aromatic rings. The van der Waals surface area contributed by atoms with Crippen LogP contribution in [0.15, 0.2) is 30.3 Å². The topological polar surface area (TPSA) is 64.4 Å². The number of rotatable bonds is 3. The number of hydrogen-bond acceptors (Lipinski definition) is 2. The van der Waals surface area contributed by atoms with Crippen molar-refractivity contribution >= 4 is 11.9 Å². The summed E-state index contributed by atoms with van der Waals surface area (Å²) in [6.45, 7) is 2.02. The van der Waals surface area contributed by atoms with Crippen molar-refractivity contribution in [1.29, 1.82) is 0 Å². The highest BCUT2D eigenvalue weighted by molar-refractivity contribution is 5.77. The molecule has 2 rings (SSSR count). The summed E-state index contributed by atoms with van der Waals surface area (Å²) >= 11 is 0. The fourth-order valence-corrected chi connectivity index (χ4v) is 2.21. The number of carbonyl (C=O) groups is 2. The lowest BCUT2D eigenvalue weighted by Gasteiger charge is -2.33. The molecule has 0 aromatic heterocycles. The van der Waals surface area contributed by atoms with Gasteiger partial charge in [-0.1, -0.05) is 30.3 Å². The largest absolute Gasteiger partial charge is 0.339 e. The van der Waals surface area contributed by atoms with Crippen molar-refractivity contribution < 1.29 is 9.59 Å². The summed E-state index contributed by atoms with van der Waals surface area (Å²) in [5.74, 6) is 0.126. The first-order chi connectivity index (χ1) is 9.16. The van der Waals surface area contributed by atoms with Crippen LogP contribution in [0.5, 0.6) is 0 Å². The van der Waals surface area contributed by atoms with Gasteiger partial charge in [0.15, 0.2) is 0 Å². The standard InChI is InChI=1S/C14H18N3O2/c15-14(19)17-10-8-16(9-11-17)13(18)7-6-12-4-2-1-3-5-12/h1-5,15H,6-11H2. The molecule has 0 aliphatic carbocycles. The number of aryl methyl sites for hydroxylation is 1. The van der Waals surface area contributed by atoms with Gasteiger partial charge in [0.05, 0.1) is 0 Å². The number of hydrogen-bond donors (Lipinski definition) is 0. The van der Waals surface area contributed by atoms with Crippen LogP contribution in [0.4, 0.5) is 4.79 Å². The summed E-state index contributed by atoms with van der Waals surface area (Å²) in [6.07, 6.45) is 1.25. The SMILES string of the molecule is [NH]C(=O)N1CCN(C(=O)CCc2ccccc2)CC1. The molecule has 0 bridgehead atoms. The van der Waals surface area contributed by atoms with Crippen molar-refractivity contribution in [3.63, 3.8) is 0 Å². The Kier molecular flexibility index (Phi) is 4.39. The lowest BCUT2D eigenvalue weighted by Crippen LogP contribution is -2.50. The highest BCUT2D eigenvalue weighted by Gasteiger charge is 2.22. The Balaban J connectivity index is 1.77. The minimum Gasteiger partial charge on any atom is -0.339 e. The van der Waals surface area contributed by atoms with E-state index in [1.807, 2.05) is 30.3 Å². The molecule has 3 amide bonds. The first kappa shape index (κ1) is 13.4. The molecule has 1 fully saturated rings. The highest BCUT2D eigenvalue weighted by Crippen LogP contribution is 2.07. The molecule has 1 heterocycles. The molecular weight excluding hydrogens is 242 g/mol. The van der Waals surface area contributed by atoms with Gasteiger partial charge < -0.3 is 9.80 Å². The third-order valence-electron chi connectivity index (χ3n) is 3.39. The number of piperazine rings is 1. The van der Waals surface area contributed by atoms with E-state index < -0.39 is 6.03 Å². The smallest absolute Gasteiger partial charge is 0.336 e. The van der Waals surface area contributed by atoms with E-state index >= 15 is 0 Å². The van der Waals surface area contributed by atoms with Gasteiger partial charge in [-0.15, -0.1) is 0 Å². The number of carbonyl (C=O) groups excluding carboxylic acids is 2. The van der Waals surface area contributed by atoms with Crippen LogP contribution >= 0.6 is 0 Å². The Morgan fingerprint density at radius 2 is 1.58 bits per heavy atom. The Hall–Kier alpha value is -2.04. The molecule has 5 nitrogen and oxygen atoms in total. The molecule has 101 valence electrons. The van der Waals surface area contributed by atoms with E-state index in [0.29, 0.717) is 32.6 Å². The summed E-state index contributed by atoms with van der Waals surface area (Å²) in [6, 6.07) is 9.28. The van der Waals surface area contributed by atoms with Crippen LogP contribution in [0.3, 0.4) is 0 Å². The van der Waals surface area contributed by atoms with Crippen LogP contribution in [-0.2, 0) is 11.2 Å². The van der Waals surface area contributed by atoms with Crippen LogP contribution in [0, 0.1) is 0 Å². The zero-order valence-corrected chi connectivity index (χ0v) is 10.8. The van der Waals surface area contributed by atoms with Gasteiger partial charge in [-0.25, -0.2) is 10.5 Å². The average Bonchev–Trinajstić information content (AvgIpc) is 2.46. The maximum absolute atomic E-state index is 12.0. The van der Waals surface area contributed by atoms with E-state index in [1.165, 1.54) is 4.90 Å². The summed E-state index contributed by atoms with van der Waals surface area (Å²) in [5.41, 5.74) is 8.19. The van der Waals surface area contributed by atoms with Gasteiger partial charge in [0.2, 0.25) is 5.91 Å². The third kappa shape index (κ3) is 3.71. The van der Waals surface area contributed by atoms with E-state index in [4.69, 9.17) is 5.73 Å². The fraction of sp³-hybridized carbons (Fsp3) is 0.429. The zero-order valence-electron chi connectivity index (χ0n) is 10.8. The van der Waals surface area contributed by atoms with E-state index in [1.54, 1.807) is 4.90 Å². The van der Waals surface area contributed by atoms with Crippen molar-refractivity contribution in [1.82, 2.24) is 15.5 Å². The van der Waals surface area contributed by atoms with E-state index in [-0.39, 0.29) is 5.91 Å². The summed E-state index contributed by atoms with van der Waals surface area (Å²) in [5, 5.41) is 0. The average molecular weight is 260 g/mol. The minimum absolute atomic E-state index is 0.126. The quantitative estimate of drug-likeness (QED) is 0.818. The highest BCUT2D eigenvalue weighted by atomic mass is 16.2. The zero-order chi connectivity index (χ0) is 13.7. The van der Waals surface area contributed by atoms with Crippen LogP contribution in [-0.4, -0.2) is 47.9 Å². The molecule has 1 aliphatic heterocycles. The Morgan fingerprint density at radius 1 is 1.00 bits per heavy atom. The second-order valence-corrected chi connectivity index (χ2v) is 4.66. The Bertz CT molecular complexity index is 439. The molecule has 1 aromatic carbocycles. The van der Waals surface area contributed by atoms with Crippen molar-refractivity contribution in [3.8, 4) is 0 Å². The lowest BCUT2D eigenvalue weighted by molar-refractivity contribution is -0.132. The maximum Gasteiger partial charge on any atom is 0.336 e. The van der Waals surface area contributed by atoms with Gasteiger partial charge in [0.25, 0.3) is 0 Å². The first-order valence-electron chi connectivity index (χ1n) is 6.49. The number of urea groups is 1. The van der Waals surface area contributed by atoms with Gasteiger partial charge >= 0.3 is 6.03 Å². The molecule has 1 N–H and O–H groups in total. The number of nitrogens with one attached hydrogen (secondary N) is 1. The molecule has 5 heteroatoms. The Labute approximate surface area is 113 Å². The van der Waals surface area contributed by atoms with Crippen LogP contribution in [0.1, 0.15) is 12.0 Å². The number of nitrogens with zero attached hydrogens (tertiary/aromatic N) is 2. The van der Waals surface area contributed by atoms with Gasteiger partial charge in [-0.05, 0) is 12.0 Å². The molecule has 1 aliphatic rings. The molecular formula is C14H18N3O2. The van der Waals surface area contributed by atoms with Crippen molar-refractivity contribution in [3.05, 3.63) is 35.9 Å². The maximum atomic E-state index is 12.0. The number of benzene rings is 1. The molecule has 0 unspecified atom stereocenters. The van der Waals surface area contributed by atoms with Gasteiger partial charge in [-0.2, -0.15) is 0 Å². The van der Waals surface area contributed by atoms with Crippen LogP contribution in [0.25, 0.3) is 0 Å². The predicted molar refractivity (Wildman–Crippen MR) is 71.4 cm³/mol. The summed E-state index contributed by atoms with van der Waals surface area (Å²) in [4.78, 5) is 26.1. The molecule has 0 saturated carbocycles. The second kappa shape index (κ2) is 6.22. The molecule has 0 spiro atoms. The van der Waals surface area contributed by atoms with E-state index in [9.17, 15) is 9.59 Å².